The van der Waals surface area contributed by atoms with Gasteiger partial charge in [-0.05, 0) is 31.5 Å². The minimum Gasteiger partial charge on any atom is -0.467 e. The SMILES string of the molecule is CCCCCCCCCC(=O)C(C)(O[Si](C)(C)C(C)(C)C)C(=O)OC. The van der Waals surface area contributed by atoms with Crippen LogP contribution in [0.5, 0.6) is 0 Å². The standard InChI is InChI=1S/C20H40O4Si/c1-9-10-11-12-13-14-15-16-17(21)20(5,18(22)23-6)24-25(7,8)19(2,3)4/h9-16H2,1-8H3. The monoisotopic (exact) mass is 372 g/mol. The number of hydrogen-bond donors (Lipinski definition) is 0. The van der Waals surface area contributed by atoms with E-state index in [0.717, 1.165) is 19.3 Å². The van der Waals surface area contributed by atoms with Crippen LogP contribution in [0, 0.1) is 0 Å². The summed E-state index contributed by atoms with van der Waals surface area (Å²) in [6, 6.07) is 0. The maximum atomic E-state index is 12.8. The minimum atomic E-state index is -2.27. The highest BCUT2D eigenvalue weighted by atomic mass is 28.4. The molecule has 0 bridgehead atoms. The van der Waals surface area contributed by atoms with Crippen molar-refractivity contribution in [2.24, 2.45) is 0 Å². The third-order valence-electron chi connectivity index (χ3n) is 5.38. The van der Waals surface area contributed by atoms with Gasteiger partial charge < -0.3 is 9.16 Å². The molecule has 148 valence electrons. The summed E-state index contributed by atoms with van der Waals surface area (Å²) < 4.78 is 11.1. The molecule has 25 heavy (non-hydrogen) atoms. The third kappa shape index (κ3) is 7.61. The lowest BCUT2D eigenvalue weighted by atomic mass is 9.96. The Morgan fingerprint density at radius 3 is 1.80 bits per heavy atom. The predicted octanol–water partition coefficient (Wildman–Crippen LogP) is 5.65. The van der Waals surface area contributed by atoms with Gasteiger partial charge in [-0.1, -0.05) is 66.2 Å². The number of hydrogen-bond acceptors (Lipinski definition) is 4. The summed E-state index contributed by atoms with van der Waals surface area (Å²) in [4.78, 5) is 25.1. The summed E-state index contributed by atoms with van der Waals surface area (Å²) in [5.74, 6) is -0.733. The number of carbonyl (C=O) groups is 2. The van der Waals surface area contributed by atoms with Crippen LogP contribution in [0.4, 0.5) is 0 Å². The maximum Gasteiger partial charge on any atom is 0.344 e. The van der Waals surface area contributed by atoms with Crippen molar-refractivity contribution in [1.29, 1.82) is 0 Å². The highest BCUT2D eigenvalue weighted by Crippen LogP contribution is 2.40. The lowest BCUT2D eigenvalue weighted by Crippen LogP contribution is -2.56. The van der Waals surface area contributed by atoms with E-state index in [0.29, 0.717) is 6.42 Å². The fourth-order valence-corrected chi connectivity index (χ4v) is 4.08. The Morgan fingerprint density at radius 2 is 1.36 bits per heavy atom. The van der Waals surface area contributed by atoms with Crippen LogP contribution in [0.15, 0.2) is 0 Å². The van der Waals surface area contributed by atoms with Crippen molar-refractivity contribution in [3.05, 3.63) is 0 Å². The topological polar surface area (TPSA) is 52.6 Å². The molecule has 1 atom stereocenters. The van der Waals surface area contributed by atoms with Crippen LogP contribution < -0.4 is 0 Å². The van der Waals surface area contributed by atoms with Gasteiger partial charge in [0.1, 0.15) is 0 Å². The average molecular weight is 373 g/mol. The van der Waals surface area contributed by atoms with Gasteiger partial charge in [0.15, 0.2) is 14.1 Å². The van der Waals surface area contributed by atoms with E-state index in [1.54, 1.807) is 6.92 Å². The number of Topliss-reactive ketones (excluding diaryl/α,β-unsaturated/α-hetero) is 1. The van der Waals surface area contributed by atoms with Crippen molar-refractivity contribution in [3.8, 4) is 0 Å². The Hall–Kier alpha value is -0.683. The molecule has 4 nitrogen and oxygen atoms in total. The highest BCUT2D eigenvalue weighted by Gasteiger charge is 2.50. The summed E-state index contributed by atoms with van der Waals surface area (Å²) >= 11 is 0. The lowest BCUT2D eigenvalue weighted by Gasteiger charge is -2.42. The van der Waals surface area contributed by atoms with Crippen LogP contribution >= 0.6 is 0 Å². The molecule has 0 aliphatic rings. The maximum absolute atomic E-state index is 12.8. The molecule has 0 aliphatic carbocycles. The number of esters is 1. The molecular weight excluding hydrogens is 332 g/mol. The van der Waals surface area contributed by atoms with Crippen LogP contribution in [0.25, 0.3) is 0 Å². The predicted molar refractivity (Wildman–Crippen MR) is 106 cm³/mol. The van der Waals surface area contributed by atoms with Gasteiger partial charge in [0, 0.05) is 6.42 Å². The Bertz CT molecular complexity index is 426. The molecule has 0 N–H and O–H groups in total. The molecule has 1 unspecified atom stereocenters. The van der Waals surface area contributed by atoms with Gasteiger partial charge in [0.2, 0.25) is 5.60 Å². The highest BCUT2D eigenvalue weighted by molar-refractivity contribution is 6.74. The van der Waals surface area contributed by atoms with E-state index >= 15 is 0 Å². The molecule has 0 aromatic heterocycles. The molecule has 0 aliphatic heterocycles. The van der Waals surface area contributed by atoms with Gasteiger partial charge in [-0.25, -0.2) is 4.79 Å². The first kappa shape index (κ1) is 24.3. The van der Waals surface area contributed by atoms with Crippen molar-refractivity contribution in [2.75, 3.05) is 7.11 Å². The second kappa shape index (κ2) is 10.5. The van der Waals surface area contributed by atoms with E-state index in [-0.39, 0.29) is 10.8 Å². The zero-order chi connectivity index (χ0) is 19.7. The van der Waals surface area contributed by atoms with Crippen LogP contribution in [-0.4, -0.2) is 32.8 Å². The summed E-state index contributed by atoms with van der Waals surface area (Å²) in [5.41, 5.74) is -1.49. The van der Waals surface area contributed by atoms with Gasteiger partial charge in [-0.15, -0.1) is 0 Å². The zero-order valence-corrected chi connectivity index (χ0v) is 18.8. The van der Waals surface area contributed by atoms with E-state index in [1.165, 1.54) is 32.8 Å². The van der Waals surface area contributed by atoms with Crippen molar-refractivity contribution in [1.82, 2.24) is 0 Å². The summed E-state index contributed by atoms with van der Waals surface area (Å²) in [5, 5.41) is -0.0815. The lowest BCUT2D eigenvalue weighted by molar-refractivity contribution is -0.164. The number of ketones is 1. The van der Waals surface area contributed by atoms with Gasteiger partial charge in [-0.3, -0.25) is 4.79 Å². The first-order valence-electron chi connectivity index (χ1n) is 9.74. The van der Waals surface area contributed by atoms with Gasteiger partial charge >= 0.3 is 5.97 Å². The van der Waals surface area contributed by atoms with Crippen molar-refractivity contribution < 1.29 is 18.8 Å². The molecule has 0 heterocycles. The summed E-state index contributed by atoms with van der Waals surface area (Å²) in [7, 11) is -0.957. The van der Waals surface area contributed by atoms with Crippen LogP contribution in [-0.2, 0) is 18.8 Å². The number of carbonyl (C=O) groups excluding carboxylic acids is 2. The van der Waals surface area contributed by atoms with Gasteiger partial charge in [-0.2, -0.15) is 0 Å². The Kier molecular flexibility index (Phi) is 10.2. The molecular formula is C20H40O4Si. The molecule has 0 radical (unpaired) electrons. The fourth-order valence-electron chi connectivity index (χ4n) is 2.55. The van der Waals surface area contributed by atoms with E-state index in [1.807, 2.05) is 0 Å². The second-order valence-corrected chi connectivity index (χ2v) is 13.4. The molecule has 0 fully saturated rings. The molecule has 0 aromatic carbocycles. The van der Waals surface area contributed by atoms with E-state index in [9.17, 15) is 9.59 Å². The summed E-state index contributed by atoms with van der Waals surface area (Å²) in [6.07, 6.45) is 8.33. The first-order chi connectivity index (χ1) is 11.4. The fraction of sp³-hybridized carbons (Fsp3) is 0.900. The van der Waals surface area contributed by atoms with E-state index < -0.39 is 19.9 Å². The van der Waals surface area contributed by atoms with Crippen LogP contribution in [0.1, 0.15) is 86.0 Å². The molecule has 0 spiro atoms. The zero-order valence-electron chi connectivity index (χ0n) is 17.8. The number of ether oxygens (including phenoxy) is 1. The Labute approximate surface area is 156 Å². The summed E-state index contributed by atoms with van der Waals surface area (Å²) in [6.45, 7) is 14.2. The molecule has 0 saturated heterocycles. The van der Waals surface area contributed by atoms with Crippen LogP contribution in [0.3, 0.4) is 0 Å². The van der Waals surface area contributed by atoms with Crippen molar-refractivity contribution >= 4 is 20.1 Å². The molecule has 0 saturated carbocycles. The smallest absolute Gasteiger partial charge is 0.344 e. The third-order valence-corrected chi connectivity index (χ3v) is 9.91. The molecule has 0 aromatic rings. The van der Waals surface area contributed by atoms with Crippen LogP contribution in [0.2, 0.25) is 18.1 Å². The van der Waals surface area contributed by atoms with E-state index in [4.69, 9.17) is 9.16 Å². The molecule has 5 heteroatoms. The molecule has 0 rings (SSSR count). The number of unbranched alkanes of at least 4 members (excludes halogenated alkanes) is 6. The largest absolute Gasteiger partial charge is 0.467 e. The number of methoxy groups -OCH3 is 1. The van der Waals surface area contributed by atoms with Crippen molar-refractivity contribution in [3.63, 3.8) is 0 Å². The molecule has 0 amide bonds. The average Bonchev–Trinajstić information content (AvgIpc) is 2.51. The Balaban J connectivity index is 4.80. The quantitative estimate of drug-likeness (QED) is 0.192. The Morgan fingerprint density at radius 1 is 0.880 bits per heavy atom. The minimum absolute atomic E-state index is 0.0815. The normalized spacial score (nSPS) is 14.9. The number of rotatable bonds is 12. The van der Waals surface area contributed by atoms with Crippen molar-refractivity contribution in [2.45, 2.75) is 110 Å². The van der Waals surface area contributed by atoms with Gasteiger partial charge in [0.05, 0.1) is 7.11 Å². The first-order valence-corrected chi connectivity index (χ1v) is 12.6. The van der Waals surface area contributed by atoms with E-state index in [2.05, 4.69) is 40.8 Å². The second-order valence-electron chi connectivity index (χ2n) is 8.68. The van der Waals surface area contributed by atoms with Gasteiger partial charge in [0.25, 0.3) is 0 Å².